The van der Waals surface area contributed by atoms with E-state index in [1.54, 1.807) is 97.9 Å². The molecule has 0 unspecified atom stereocenters. The van der Waals surface area contributed by atoms with E-state index in [0.717, 1.165) is 27.9 Å². The summed E-state index contributed by atoms with van der Waals surface area (Å²) in [6, 6.07) is 31.6. The summed E-state index contributed by atoms with van der Waals surface area (Å²) < 4.78 is 41.1. The first kappa shape index (κ1) is 97.1. The van der Waals surface area contributed by atoms with Gasteiger partial charge in [0.15, 0.2) is 17.2 Å². The van der Waals surface area contributed by atoms with Gasteiger partial charge in [0.2, 0.25) is 0 Å². The summed E-state index contributed by atoms with van der Waals surface area (Å²) in [6.07, 6.45) is 0. The number of carbonyl (C=O) groups is 5. The summed E-state index contributed by atoms with van der Waals surface area (Å²) >= 11 is 40.3. The Morgan fingerprint density at radius 1 is 0.472 bits per heavy atom. The number of nitrogens with two attached hydrogens (primary N) is 1. The molecule has 5 aromatic heterocycles. The summed E-state index contributed by atoms with van der Waals surface area (Å²) in [4.78, 5) is 76.4. The molecule has 33 heteroatoms. The van der Waals surface area contributed by atoms with Gasteiger partial charge in [-0.05, 0) is 175 Å². The summed E-state index contributed by atoms with van der Waals surface area (Å²) in [5, 5.41) is 25.0. The second-order valence-corrected chi connectivity index (χ2v) is 26.2. The number of rotatable bonds is 17. The first-order valence-corrected chi connectivity index (χ1v) is 33.9. The van der Waals surface area contributed by atoms with Crippen LogP contribution in [0.15, 0.2) is 147 Å². The van der Waals surface area contributed by atoms with E-state index in [9.17, 15) is 24.0 Å². The second kappa shape index (κ2) is 45.8. The van der Waals surface area contributed by atoms with Crippen LogP contribution in [0.25, 0.3) is 16.7 Å². The van der Waals surface area contributed by atoms with Crippen molar-refractivity contribution in [3.05, 3.63) is 233 Å². The maximum Gasteiger partial charge on any atom is 1.00 e. The number of hydrogen-bond acceptors (Lipinski definition) is 22. The van der Waals surface area contributed by atoms with Crippen molar-refractivity contribution in [1.82, 2.24) is 24.9 Å². The molecule has 0 atom stereocenters. The van der Waals surface area contributed by atoms with E-state index in [0.29, 0.717) is 89.2 Å². The van der Waals surface area contributed by atoms with Gasteiger partial charge in [-0.25, -0.2) is 48.9 Å². The van der Waals surface area contributed by atoms with Crippen molar-refractivity contribution in [1.29, 1.82) is 0 Å². The number of para-hydroxylation sites is 3. The molecule has 572 valence electrons. The quantitative estimate of drug-likeness (QED) is 0.0186. The largest absolute Gasteiger partial charge is 1.00 e. The number of carboxylic acid groups (broad SMARTS) is 2. The maximum absolute atomic E-state index is 12.0. The number of nitrogens with zero attached hydrogens (tertiary/aromatic N) is 5. The van der Waals surface area contributed by atoms with Gasteiger partial charge < -0.3 is 69.8 Å². The molecule has 0 amide bonds. The van der Waals surface area contributed by atoms with Crippen molar-refractivity contribution in [3.8, 4) is 17.2 Å². The molecule has 24 nitrogen and oxygen atoms in total. The summed E-state index contributed by atoms with van der Waals surface area (Å²) in [6.45, 7) is 34.6. The Hall–Kier alpha value is -8.91. The molecule has 0 aliphatic carbocycles. The average molecular weight is 1620 g/mol. The zero-order valence-corrected chi connectivity index (χ0v) is 67.9. The topological polar surface area (TPSA) is 344 Å². The number of aromatic carboxylic acids is 2. The van der Waals surface area contributed by atoms with E-state index >= 15 is 0 Å². The van der Waals surface area contributed by atoms with Crippen molar-refractivity contribution in [2.24, 2.45) is 0 Å². The minimum atomic E-state index is -1.11. The normalized spacial score (nSPS) is 11.5. The van der Waals surface area contributed by atoms with Gasteiger partial charge in [0.05, 0.1) is 120 Å². The second-order valence-electron chi connectivity index (χ2n) is 23.5. The van der Waals surface area contributed by atoms with E-state index in [2.05, 4.69) is 66.6 Å². The number of carbonyl (C=O) groups excluding carboxylic acids is 3. The predicted octanol–water partition coefficient (Wildman–Crippen LogP) is 16.8. The molecule has 6 heterocycles. The van der Waals surface area contributed by atoms with Crippen LogP contribution in [0.1, 0.15) is 150 Å². The number of pyridine rings is 5. The Labute approximate surface area is 675 Å². The molecule has 3 aromatic carbocycles. The van der Waals surface area contributed by atoms with Crippen molar-refractivity contribution < 1.29 is 96.3 Å². The van der Waals surface area contributed by atoms with E-state index in [1.165, 1.54) is 60.9 Å². The molecule has 108 heavy (non-hydrogen) atoms. The summed E-state index contributed by atoms with van der Waals surface area (Å²) in [5.41, 5.74) is 13.8. The number of ether oxygens (including phenoxy) is 6. The van der Waals surface area contributed by atoms with Crippen LogP contribution in [0.3, 0.4) is 0 Å². The Kier molecular flexibility index (Phi) is 41.2. The Balaban J connectivity index is 0.000000643. The van der Waals surface area contributed by atoms with Gasteiger partial charge in [0.25, 0.3) is 0 Å². The number of methoxy groups -OCH3 is 6. The number of benzene rings is 3. The predicted molar refractivity (Wildman–Crippen MR) is 425 cm³/mol. The Morgan fingerprint density at radius 3 is 1.13 bits per heavy atom. The molecular weight excluding hydrogens is 1530 g/mol. The van der Waals surface area contributed by atoms with Crippen LogP contribution in [0.4, 0.5) is 28.7 Å². The van der Waals surface area contributed by atoms with Gasteiger partial charge in [0.1, 0.15) is 43.4 Å². The SMILES string of the molecule is C=C(C)B1OC(C)(C)C(C)(C)O1.C=C(C)c1ccc(C(=O)O)c(Cl)n1.C=C(C)c1ccc(C(=O)OC)c(Cl)n1.C=C(C)c1ccc(C(=O)OC)c(Nc2cccc(Cl)c2OC)n1.COC(=O)c1ccc(C(C)C)nc1Nc1cccc(Cl)c1OC.COc1c(N)cccc1Cl.O=C(O)c1ccc(Cl)nc1Cl.[Li+].[OH-]. The van der Waals surface area contributed by atoms with E-state index in [-0.39, 0.29) is 85.9 Å². The number of allylic oxidation sites excluding steroid dienone is 4. The standard InChI is InChI=1S/C17H19ClN2O3.C17H17ClN2O3.C10H10ClNO2.C9H17BO2.C9H8ClNO2.C7H8ClNO.C6H3Cl2NO2.Li.H2O/c2*1-10(2)13-9-8-11(17(21)23-4)16(19-13)20-14-7-5-6-12(18)15(14)22-3;1-6(2)8-5-4-7(9(11)12-8)10(13)14-3;1-7(2)10-11-8(3,4)9(5,6)12-10;1-5(2)7-4-3-6(9(12)13)8(10)11-7;1-10-7-5(8)3-2-4-6(7)9;7-4-2-1-3(6(10)11)5(8)9-4;;/h5-10H,1-4H3,(H,19,20);5-9H,1H2,2-4H3,(H,19,20);4-5H,1H2,2-3H3;1H2,2-6H3;3-4H,1H2,2H3,(H,12,13);2-4H,9H2,1H3;1-2H,(H,10,11);;1H2/q;;;;;;;+1;/p-1. The van der Waals surface area contributed by atoms with Crippen LogP contribution in [0.2, 0.25) is 35.7 Å². The fourth-order valence-corrected chi connectivity index (χ4v) is 9.89. The average Bonchev–Trinajstić information content (AvgIpc) is 1.67. The first-order chi connectivity index (χ1) is 49.6. The van der Waals surface area contributed by atoms with Gasteiger partial charge in [-0.2, -0.15) is 0 Å². The molecule has 0 radical (unpaired) electrons. The fraction of sp³-hybridized carbons (Fsp3) is 0.253. The van der Waals surface area contributed by atoms with Crippen LogP contribution >= 0.6 is 81.2 Å². The van der Waals surface area contributed by atoms with Crippen LogP contribution in [0, 0.1) is 0 Å². The van der Waals surface area contributed by atoms with Gasteiger partial charge in [-0.1, -0.05) is 138 Å². The minimum absolute atomic E-state index is 0. The van der Waals surface area contributed by atoms with Crippen LogP contribution in [0.5, 0.6) is 17.2 Å². The third kappa shape index (κ3) is 28.6. The molecule has 1 saturated heterocycles. The zero-order valence-electron chi connectivity index (χ0n) is 62.6. The van der Waals surface area contributed by atoms with Crippen molar-refractivity contribution in [3.63, 3.8) is 0 Å². The molecule has 0 spiro atoms. The molecule has 9 rings (SSSR count). The number of nitrogen functional groups attached to an aromatic ring is 1. The monoisotopic (exact) mass is 1610 g/mol. The van der Waals surface area contributed by atoms with Crippen LogP contribution in [-0.4, -0.2) is 131 Å². The third-order valence-electron chi connectivity index (χ3n) is 14.6. The van der Waals surface area contributed by atoms with Gasteiger partial charge in [-0.15, -0.1) is 6.58 Å². The number of hydrogen-bond donors (Lipinski definition) is 5. The molecule has 0 bridgehead atoms. The summed E-state index contributed by atoms with van der Waals surface area (Å²) in [5.74, 6) is -1.16. The van der Waals surface area contributed by atoms with E-state index in [4.69, 9.17) is 130 Å². The number of nitrogens with one attached hydrogen (secondary N) is 2. The minimum Gasteiger partial charge on any atom is -0.870 e. The zero-order chi connectivity index (χ0) is 80.2. The Morgan fingerprint density at radius 2 is 0.806 bits per heavy atom. The van der Waals surface area contributed by atoms with Gasteiger partial charge in [-0.3, -0.25) is 0 Å². The molecule has 7 N–H and O–H groups in total. The van der Waals surface area contributed by atoms with E-state index in [1.807, 2.05) is 68.4 Å². The van der Waals surface area contributed by atoms with Crippen LogP contribution in [-0.2, 0) is 23.5 Å². The molecule has 1 aliphatic rings. The molecule has 1 aliphatic heterocycles. The Bertz CT molecular complexity index is 4480. The van der Waals surface area contributed by atoms with Crippen molar-refractivity contribution in [2.75, 3.05) is 59.0 Å². The summed E-state index contributed by atoms with van der Waals surface area (Å²) in [7, 11) is 8.30. The molecule has 1 fully saturated rings. The molecule has 8 aromatic rings. The smallest absolute Gasteiger partial charge is 0.870 e. The van der Waals surface area contributed by atoms with E-state index < -0.39 is 29.8 Å². The van der Waals surface area contributed by atoms with Crippen molar-refractivity contribution in [2.45, 2.75) is 86.4 Å². The van der Waals surface area contributed by atoms with Crippen molar-refractivity contribution >= 4 is 164 Å². The van der Waals surface area contributed by atoms with Gasteiger partial charge >= 0.3 is 55.8 Å². The molecule has 0 saturated carbocycles. The fourth-order valence-electron chi connectivity index (χ4n) is 8.24. The number of aromatic nitrogens is 5. The molecular formula is C75H83BCl7LiN8O16. The number of halogens is 7. The maximum atomic E-state index is 12.0. The number of carboxylic acids is 2. The third-order valence-corrected chi connectivity index (χ3v) is 16.6. The first-order valence-electron chi connectivity index (χ1n) is 31.3. The number of anilines is 5. The van der Waals surface area contributed by atoms with Crippen LogP contribution < -0.4 is 49.4 Å². The number of esters is 3. The van der Waals surface area contributed by atoms with Gasteiger partial charge in [0, 0.05) is 5.69 Å².